The maximum atomic E-state index is 11.4. The molecule has 0 bridgehead atoms. The van der Waals surface area contributed by atoms with E-state index in [1.54, 1.807) is 26.2 Å². The first kappa shape index (κ1) is 19.4. The number of H-pyrrole nitrogens is 1. The lowest BCUT2D eigenvalue weighted by atomic mass is 10.2. The van der Waals surface area contributed by atoms with Crippen LogP contribution < -0.4 is 38.5 Å². The summed E-state index contributed by atoms with van der Waals surface area (Å²) >= 11 is 0. The number of amides is 1. The molecule has 24 heavy (non-hydrogen) atoms. The number of aromatic amines is 1. The van der Waals surface area contributed by atoms with E-state index >= 15 is 0 Å². The maximum Gasteiger partial charge on any atom is 0.411 e. The van der Waals surface area contributed by atoms with E-state index in [9.17, 15) is 4.79 Å². The molecule has 1 aromatic carbocycles. The summed E-state index contributed by atoms with van der Waals surface area (Å²) in [5, 5.41) is 5.79. The molecular formula is C16H21ClN4O3. The Morgan fingerprint density at radius 1 is 1.21 bits per heavy atom. The van der Waals surface area contributed by atoms with Gasteiger partial charge in [-0.05, 0) is 30.7 Å². The molecule has 7 nitrogen and oxygen atoms in total. The number of benzene rings is 1. The molecule has 0 aliphatic carbocycles. The summed E-state index contributed by atoms with van der Waals surface area (Å²) in [4.78, 5) is 14.4. The Balaban J connectivity index is 0.00000288. The third kappa shape index (κ3) is 5.51. The number of hydrogen-bond acceptors (Lipinski definition) is 5. The van der Waals surface area contributed by atoms with Crippen molar-refractivity contribution in [1.29, 1.82) is 0 Å². The van der Waals surface area contributed by atoms with Gasteiger partial charge in [-0.3, -0.25) is 5.32 Å². The van der Waals surface area contributed by atoms with Crippen LogP contribution in [-0.2, 0) is 11.3 Å². The molecule has 0 aliphatic rings. The van der Waals surface area contributed by atoms with E-state index in [4.69, 9.17) is 15.2 Å². The summed E-state index contributed by atoms with van der Waals surface area (Å²) in [5.41, 5.74) is 7.46. The van der Waals surface area contributed by atoms with Gasteiger partial charge in [-0.1, -0.05) is 12.1 Å². The molecule has 0 radical (unpaired) electrons. The number of carbonyl (C=O) groups is 1. The Bertz CT molecular complexity index is 665. The summed E-state index contributed by atoms with van der Waals surface area (Å²) in [5.74, 6) is 1.91. The first-order valence-corrected chi connectivity index (χ1v) is 7.24. The fourth-order valence-corrected chi connectivity index (χ4v) is 1.94. The van der Waals surface area contributed by atoms with Crippen LogP contribution in [0.2, 0.25) is 0 Å². The molecule has 1 amide bonds. The van der Waals surface area contributed by atoms with Crippen molar-refractivity contribution >= 4 is 23.4 Å². The number of nitrogen functional groups attached to an aromatic ring is 1. The molecule has 5 N–H and O–H groups in total. The van der Waals surface area contributed by atoms with Gasteiger partial charge >= 0.3 is 6.09 Å². The monoisotopic (exact) mass is 352 g/mol. The van der Waals surface area contributed by atoms with Crippen molar-refractivity contribution in [3.05, 3.63) is 42.0 Å². The molecule has 2 rings (SSSR count). The van der Waals surface area contributed by atoms with Gasteiger partial charge in [0.05, 0.1) is 20.3 Å². The summed E-state index contributed by atoms with van der Waals surface area (Å²) < 4.78 is 9.93. The number of methoxy groups -OCH3 is 1. The number of halogens is 1. The lowest BCUT2D eigenvalue weighted by molar-refractivity contribution is -0.342. The van der Waals surface area contributed by atoms with Gasteiger partial charge in [-0.15, -0.1) is 0 Å². The number of rotatable bonds is 6. The van der Waals surface area contributed by atoms with E-state index in [-0.39, 0.29) is 12.4 Å². The van der Waals surface area contributed by atoms with Gasteiger partial charge in [0.2, 0.25) is 11.6 Å². The smallest absolute Gasteiger partial charge is 0.411 e. The molecule has 0 fully saturated rings. The third-order valence-electron chi connectivity index (χ3n) is 3.13. The molecule has 0 unspecified atom stereocenters. The molecule has 0 saturated carbocycles. The number of anilines is 3. The molecular weight excluding hydrogens is 332 g/mol. The van der Waals surface area contributed by atoms with Crippen molar-refractivity contribution in [3.8, 4) is 5.75 Å². The number of hydrogen-bond donors (Lipinski definition) is 3. The largest absolute Gasteiger partial charge is 1.00 e. The minimum absolute atomic E-state index is 0. The van der Waals surface area contributed by atoms with Crippen LogP contribution in [0.1, 0.15) is 12.5 Å². The molecule has 0 aliphatic heterocycles. The summed E-state index contributed by atoms with van der Waals surface area (Å²) in [7, 11) is 1.64. The maximum absolute atomic E-state index is 11.4. The van der Waals surface area contributed by atoms with E-state index in [0.29, 0.717) is 24.7 Å². The zero-order chi connectivity index (χ0) is 16.7. The fourth-order valence-electron chi connectivity index (χ4n) is 1.94. The minimum atomic E-state index is -0.536. The molecule has 130 valence electrons. The van der Waals surface area contributed by atoms with Gasteiger partial charge in [0, 0.05) is 6.07 Å². The highest BCUT2D eigenvalue weighted by Gasteiger charge is 2.10. The van der Waals surface area contributed by atoms with Crippen LogP contribution in [-0.4, -0.2) is 19.8 Å². The molecule has 2 aromatic rings. The highest BCUT2D eigenvalue weighted by Crippen LogP contribution is 2.16. The normalized spacial score (nSPS) is 9.58. The number of aromatic nitrogens is 1. The Morgan fingerprint density at radius 3 is 2.50 bits per heavy atom. The van der Waals surface area contributed by atoms with Gasteiger partial charge in [0.15, 0.2) is 0 Å². The summed E-state index contributed by atoms with van der Waals surface area (Å²) in [6, 6.07) is 11.3. The topological polar surface area (TPSA) is 99.8 Å². The van der Waals surface area contributed by atoms with Gasteiger partial charge < -0.3 is 32.9 Å². The fraction of sp³-hybridized carbons (Fsp3) is 0.250. The zero-order valence-corrected chi connectivity index (χ0v) is 14.3. The molecule has 1 aromatic heterocycles. The second kappa shape index (κ2) is 9.46. The van der Waals surface area contributed by atoms with Crippen LogP contribution in [0.15, 0.2) is 36.4 Å². The number of nitrogens with two attached hydrogens (primary N) is 1. The van der Waals surface area contributed by atoms with E-state index < -0.39 is 6.09 Å². The molecule has 0 atom stereocenters. The summed E-state index contributed by atoms with van der Waals surface area (Å²) in [6.45, 7) is 2.67. The minimum Gasteiger partial charge on any atom is -1.00 e. The average molecular weight is 353 g/mol. The number of nitrogens with one attached hydrogen (secondary N) is 3. The Kier molecular flexibility index (Phi) is 7.64. The number of carbonyl (C=O) groups excluding carboxylic acids is 1. The van der Waals surface area contributed by atoms with E-state index in [0.717, 1.165) is 17.1 Å². The third-order valence-corrected chi connectivity index (χ3v) is 3.13. The van der Waals surface area contributed by atoms with Gasteiger partial charge in [-0.2, -0.15) is 0 Å². The van der Waals surface area contributed by atoms with Crippen molar-refractivity contribution in [2.45, 2.75) is 13.5 Å². The van der Waals surface area contributed by atoms with Crippen LogP contribution in [0.5, 0.6) is 5.75 Å². The Hall–Kier alpha value is -2.67. The second-order valence-corrected chi connectivity index (χ2v) is 4.75. The lowest BCUT2D eigenvalue weighted by Gasteiger charge is -2.07. The lowest BCUT2D eigenvalue weighted by Crippen LogP contribution is -3.00. The molecule has 0 saturated heterocycles. The van der Waals surface area contributed by atoms with Gasteiger partial charge in [0.25, 0.3) is 0 Å². The zero-order valence-electron chi connectivity index (χ0n) is 13.6. The van der Waals surface area contributed by atoms with Crippen LogP contribution in [0.25, 0.3) is 0 Å². The van der Waals surface area contributed by atoms with Gasteiger partial charge in [0.1, 0.15) is 11.4 Å². The van der Waals surface area contributed by atoms with Crippen LogP contribution in [0.4, 0.5) is 22.1 Å². The van der Waals surface area contributed by atoms with Crippen molar-refractivity contribution in [2.75, 3.05) is 30.1 Å². The van der Waals surface area contributed by atoms with Crippen molar-refractivity contribution in [2.24, 2.45) is 0 Å². The van der Waals surface area contributed by atoms with E-state index in [1.165, 1.54) is 0 Å². The van der Waals surface area contributed by atoms with Crippen LogP contribution in [0, 0.1) is 0 Å². The second-order valence-electron chi connectivity index (χ2n) is 4.75. The Labute approximate surface area is 147 Å². The van der Waals surface area contributed by atoms with Crippen LogP contribution >= 0.6 is 0 Å². The average Bonchev–Trinajstić information content (AvgIpc) is 2.56. The molecule has 0 spiro atoms. The summed E-state index contributed by atoms with van der Waals surface area (Å²) in [6.07, 6.45) is -0.536. The molecule has 8 heteroatoms. The SMILES string of the molecule is CCOC(=O)Nc1ccc(NCc2ccc(OC)cc2)[nH+]c1N.[Cl-]. The van der Waals surface area contributed by atoms with E-state index in [1.807, 2.05) is 24.3 Å². The van der Waals surface area contributed by atoms with E-state index in [2.05, 4.69) is 15.6 Å². The highest BCUT2D eigenvalue weighted by atomic mass is 35.5. The van der Waals surface area contributed by atoms with Crippen molar-refractivity contribution in [1.82, 2.24) is 0 Å². The predicted octanol–water partition coefficient (Wildman–Crippen LogP) is -0.724. The van der Waals surface area contributed by atoms with Crippen molar-refractivity contribution in [3.63, 3.8) is 0 Å². The standard InChI is InChI=1S/C16H20N4O3.ClH/c1-3-23-16(21)19-13-8-9-14(20-15(13)17)18-10-11-4-6-12(22-2)7-5-11;/h4-9H,3,10H2,1-2H3,(H,19,21)(H3,17,18,20);1H. The quantitative estimate of drug-likeness (QED) is 0.637. The highest BCUT2D eigenvalue weighted by molar-refractivity contribution is 5.87. The Morgan fingerprint density at radius 2 is 1.92 bits per heavy atom. The number of pyridine rings is 1. The van der Waals surface area contributed by atoms with Crippen LogP contribution in [0.3, 0.4) is 0 Å². The molecule has 1 heterocycles. The predicted molar refractivity (Wildman–Crippen MR) is 88.4 cm³/mol. The first-order valence-electron chi connectivity index (χ1n) is 7.24. The van der Waals surface area contributed by atoms with Crippen molar-refractivity contribution < 1.29 is 31.7 Å². The van der Waals surface area contributed by atoms with Gasteiger partial charge in [-0.25, -0.2) is 9.78 Å². The number of ether oxygens (including phenoxy) is 2. The first-order chi connectivity index (χ1) is 11.1.